The third-order valence-corrected chi connectivity index (χ3v) is 4.40. The van der Waals surface area contributed by atoms with E-state index in [1.165, 1.54) is 18.3 Å². The number of benzene rings is 1. The molecule has 0 N–H and O–H groups in total. The van der Waals surface area contributed by atoms with Gasteiger partial charge in [0.1, 0.15) is 6.29 Å². The van der Waals surface area contributed by atoms with Gasteiger partial charge in [-0.05, 0) is 65.1 Å². The molecule has 1 aliphatic heterocycles. The van der Waals surface area contributed by atoms with Gasteiger partial charge in [-0.15, -0.1) is 0 Å². The maximum Gasteiger partial charge on any atom is 0.130 e. The van der Waals surface area contributed by atoms with E-state index in [9.17, 15) is 4.79 Å². The topological polar surface area (TPSA) is 23.6 Å². The number of carbonyl (C=O) groups excluding carboxylic acids is 1. The monoisotopic (exact) mass is 274 g/mol. The molecule has 1 aromatic rings. The van der Waals surface area contributed by atoms with Gasteiger partial charge in [-0.1, -0.05) is 30.3 Å². The van der Waals surface area contributed by atoms with Crippen molar-refractivity contribution in [2.45, 2.75) is 24.7 Å². The zero-order chi connectivity index (χ0) is 14.4. The first-order chi connectivity index (χ1) is 9.66. The molecule has 2 rings (SSSR count). The van der Waals surface area contributed by atoms with Gasteiger partial charge in [0, 0.05) is 0 Å². The number of aldehydes is 1. The summed E-state index contributed by atoms with van der Waals surface area (Å²) in [7, 11) is 4.23. The third-order valence-electron chi connectivity index (χ3n) is 4.40. The molecular weight excluding hydrogens is 248 g/mol. The molecule has 0 bridgehead atoms. The van der Waals surface area contributed by atoms with Crippen LogP contribution < -0.4 is 0 Å². The molecule has 1 heterocycles. The maximum absolute atomic E-state index is 11.7. The van der Waals surface area contributed by atoms with Gasteiger partial charge in [0.2, 0.25) is 0 Å². The fourth-order valence-corrected chi connectivity index (χ4v) is 3.03. The van der Waals surface area contributed by atoms with Gasteiger partial charge in [-0.3, -0.25) is 0 Å². The highest BCUT2D eigenvalue weighted by atomic mass is 16.1. The summed E-state index contributed by atoms with van der Waals surface area (Å²) in [5.74, 6) is 0. The van der Waals surface area contributed by atoms with Crippen LogP contribution in [0.4, 0.5) is 0 Å². The van der Waals surface area contributed by atoms with E-state index in [0.29, 0.717) is 0 Å². The molecule has 110 valence electrons. The molecule has 1 aromatic carbocycles. The lowest BCUT2D eigenvalue weighted by molar-refractivity contribution is -0.114. The molecule has 20 heavy (non-hydrogen) atoms. The summed E-state index contributed by atoms with van der Waals surface area (Å²) in [5, 5.41) is 0. The van der Waals surface area contributed by atoms with Crippen LogP contribution >= 0.6 is 0 Å². The lowest BCUT2D eigenvalue weighted by Crippen LogP contribution is -2.44. The minimum Gasteiger partial charge on any atom is -0.309 e. The van der Waals surface area contributed by atoms with E-state index in [1.807, 2.05) is 18.2 Å². The highest BCUT2D eigenvalue weighted by Gasteiger charge is 2.35. The van der Waals surface area contributed by atoms with Gasteiger partial charge in [-0.2, -0.15) is 0 Å². The number of likely N-dealkylation sites (tertiary alicyclic amines) is 1. The number of rotatable bonds is 6. The van der Waals surface area contributed by atoms with Crippen LogP contribution in [0, 0.1) is 0 Å². The number of hydrogen-bond donors (Lipinski definition) is 0. The van der Waals surface area contributed by atoms with Gasteiger partial charge in [0.05, 0.1) is 5.41 Å². The van der Waals surface area contributed by atoms with Crippen LogP contribution in [0.5, 0.6) is 0 Å². The van der Waals surface area contributed by atoms with Crippen molar-refractivity contribution < 1.29 is 4.79 Å². The highest BCUT2D eigenvalue weighted by Crippen LogP contribution is 2.33. The molecule has 0 spiro atoms. The smallest absolute Gasteiger partial charge is 0.130 e. The van der Waals surface area contributed by atoms with Crippen molar-refractivity contribution in [3.05, 3.63) is 35.9 Å². The van der Waals surface area contributed by atoms with Crippen LogP contribution in [-0.2, 0) is 10.2 Å². The summed E-state index contributed by atoms with van der Waals surface area (Å²) < 4.78 is 0. The Bertz CT molecular complexity index is 408. The Balaban J connectivity index is 1.90. The summed E-state index contributed by atoms with van der Waals surface area (Å²) in [6.45, 7) is 4.33. The Morgan fingerprint density at radius 1 is 1.20 bits per heavy atom. The molecule has 1 aliphatic rings. The SMILES string of the molecule is CN(C)CCCN1CCC(C=O)(c2ccccc2)CC1. The first-order valence-corrected chi connectivity index (χ1v) is 7.55. The van der Waals surface area contributed by atoms with Crippen molar-refractivity contribution in [2.24, 2.45) is 0 Å². The predicted molar refractivity (Wildman–Crippen MR) is 83.0 cm³/mol. The summed E-state index contributed by atoms with van der Waals surface area (Å²) in [6, 6.07) is 10.3. The van der Waals surface area contributed by atoms with Crippen molar-refractivity contribution in [2.75, 3.05) is 40.3 Å². The van der Waals surface area contributed by atoms with Crippen molar-refractivity contribution >= 4 is 6.29 Å². The predicted octanol–water partition coefficient (Wildman–Crippen LogP) is 2.17. The standard InChI is InChI=1S/C17H26N2O/c1-18(2)11-6-12-19-13-9-17(15-20,10-14-19)16-7-4-3-5-8-16/h3-5,7-8,15H,6,9-14H2,1-2H3. The molecule has 0 atom stereocenters. The summed E-state index contributed by atoms with van der Waals surface area (Å²) in [4.78, 5) is 16.4. The van der Waals surface area contributed by atoms with Crippen LogP contribution in [0.2, 0.25) is 0 Å². The van der Waals surface area contributed by atoms with Crippen LogP contribution in [0.1, 0.15) is 24.8 Å². The molecule has 0 saturated carbocycles. The largest absolute Gasteiger partial charge is 0.309 e. The lowest BCUT2D eigenvalue weighted by Gasteiger charge is -2.38. The fourth-order valence-electron chi connectivity index (χ4n) is 3.03. The molecule has 1 saturated heterocycles. The lowest BCUT2D eigenvalue weighted by atomic mass is 9.74. The average Bonchev–Trinajstić information content (AvgIpc) is 2.49. The van der Waals surface area contributed by atoms with Gasteiger partial charge in [0.25, 0.3) is 0 Å². The third kappa shape index (κ3) is 3.68. The Morgan fingerprint density at radius 3 is 2.40 bits per heavy atom. The molecule has 0 aromatic heterocycles. The minimum absolute atomic E-state index is 0.251. The normalized spacial score (nSPS) is 19.1. The second kappa shape index (κ2) is 7.00. The second-order valence-electron chi connectivity index (χ2n) is 6.14. The highest BCUT2D eigenvalue weighted by molar-refractivity contribution is 5.68. The number of nitrogens with zero attached hydrogens (tertiary/aromatic N) is 2. The van der Waals surface area contributed by atoms with Gasteiger partial charge in [0.15, 0.2) is 0 Å². The molecule has 0 unspecified atom stereocenters. The van der Waals surface area contributed by atoms with Gasteiger partial charge < -0.3 is 14.6 Å². The van der Waals surface area contributed by atoms with Crippen LogP contribution in [0.15, 0.2) is 30.3 Å². The molecule has 3 heteroatoms. The first kappa shape index (κ1) is 15.2. The maximum atomic E-state index is 11.7. The van der Waals surface area contributed by atoms with E-state index in [1.54, 1.807) is 0 Å². The Labute approximate surface area is 122 Å². The summed E-state index contributed by atoms with van der Waals surface area (Å²) in [5.41, 5.74) is 0.933. The van der Waals surface area contributed by atoms with E-state index in [2.05, 4.69) is 36.0 Å². The second-order valence-corrected chi connectivity index (χ2v) is 6.14. The number of hydrogen-bond acceptors (Lipinski definition) is 3. The van der Waals surface area contributed by atoms with E-state index in [4.69, 9.17) is 0 Å². The fraction of sp³-hybridized carbons (Fsp3) is 0.588. The van der Waals surface area contributed by atoms with Gasteiger partial charge >= 0.3 is 0 Å². The van der Waals surface area contributed by atoms with Crippen LogP contribution in [0.3, 0.4) is 0 Å². The molecular formula is C17H26N2O. The Hall–Kier alpha value is -1.19. The molecule has 3 nitrogen and oxygen atoms in total. The van der Waals surface area contributed by atoms with E-state index >= 15 is 0 Å². The number of piperidine rings is 1. The van der Waals surface area contributed by atoms with Crippen molar-refractivity contribution in [1.29, 1.82) is 0 Å². The average molecular weight is 274 g/mol. The van der Waals surface area contributed by atoms with E-state index in [-0.39, 0.29) is 5.41 Å². The zero-order valence-corrected chi connectivity index (χ0v) is 12.7. The minimum atomic E-state index is -0.251. The van der Waals surface area contributed by atoms with Crippen LogP contribution in [0.25, 0.3) is 0 Å². The van der Waals surface area contributed by atoms with Gasteiger partial charge in [-0.25, -0.2) is 0 Å². The molecule has 0 aliphatic carbocycles. The molecule has 1 fully saturated rings. The zero-order valence-electron chi connectivity index (χ0n) is 12.7. The van der Waals surface area contributed by atoms with Crippen molar-refractivity contribution in [3.8, 4) is 0 Å². The van der Waals surface area contributed by atoms with E-state index in [0.717, 1.165) is 39.0 Å². The summed E-state index contributed by atoms with van der Waals surface area (Å²) in [6.07, 6.45) is 4.27. The number of carbonyl (C=O) groups is 1. The van der Waals surface area contributed by atoms with Crippen molar-refractivity contribution in [1.82, 2.24) is 9.80 Å². The first-order valence-electron chi connectivity index (χ1n) is 7.55. The van der Waals surface area contributed by atoms with Crippen molar-refractivity contribution in [3.63, 3.8) is 0 Å². The van der Waals surface area contributed by atoms with Crippen LogP contribution in [-0.4, -0.2) is 56.4 Å². The van der Waals surface area contributed by atoms with E-state index < -0.39 is 0 Å². The Morgan fingerprint density at radius 2 is 1.85 bits per heavy atom. The molecule has 0 amide bonds. The molecule has 0 radical (unpaired) electrons. The summed E-state index contributed by atoms with van der Waals surface area (Å²) >= 11 is 0. The quantitative estimate of drug-likeness (QED) is 0.743. The Kier molecular flexibility index (Phi) is 5.32.